The zero-order valence-electron chi connectivity index (χ0n) is 17.7. The highest BCUT2D eigenvalue weighted by atomic mass is 35.5. The molecule has 1 heterocycles. The second kappa shape index (κ2) is 11.0. The lowest BCUT2D eigenvalue weighted by Crippen LogP contribution is -2.41. The molecule has 29 heavy (non-hydrogen) atoms. The van der Waals surface area contributed by atoms with E-state index in [1.54, 1.807) is 0 Å². The summed E-state index contributed by atoms with van der Waals surface area (Å²) in [6.07, 6.45) is 12.5. The van der Waals surface area contributed by atoms with Crippen LogP contribution in [-0.4, -0.2) is 43.9 Å². The lowest BCUT2D eigenvalue weighted by Gasteiger charge is -2.37. The van der Waals surface area contributed by atoms with Crippen molar-refractivity contribution in [3.63, 3.8) is 0 Å². The average Bonchev–Trinajstić information content (AvgIpc) is 3.14. The van der Waals surface area contributed by atoms with Gasteiger partial charge in [0.05, 0.1) is 10.6 Å². The number of anilines is 1. The average molecular weight is 416 g/mol. The Balaban J connectivity index is 0.000000252. The molecule has 3 fully saturated rings. The van der Waals surface area contributed by atoms with Crippen LogP contribution in [0, 0.1) is 23.2 Å². The van der Waals surface area contributed by atoms with E-state index in [9.17, 15) is 4.79 Å². The first-order valence-electron chi connectivity index (χ1n) is 11.2. The molecule has 5 heteroatoms. The molecule has 0 amide bonds. The van der Waals surface area contributed by atoms with Crippen molar-refractivity contribution in [1.29, 1.82) is 5.26 Å². The van der Waals surface area contributed by atoms with Crippen LogP contribution in [0.1, 0.15) is 63.4 Å². The molecule has 1 aromatic rings. The van der Waals surface area contributed by atoms with Crippen molar-refractivity contribution < 1.29 is 4.79 Å². The SMILES string of the molecule is CN1CCC(N(CC2CCC2)c2ccc(C#N)c(Cl)c2)C1.O=CC1CCCCC1. The second-order valence-electron chi connectivity index (χ2n) is 8.96. The fourth-order valence-corrected chi connectivity index (χ4v) is 4.85. The number of likely N-dealkylation sites (N-methyl/N-ethyl adjacent to an activating group) is 1. The Kier molecular flexibility index (Phi) is 8.39. The van der Waals surface area contributed by atoms with E-state index in [1.807, 2.05) is 12.1 Å². The summed E-state index contributed by atoms with van der Waals surface area (Å²) in [5.41, 5.74) is 1.73. The molecule has 1 atom stereocenters. The van der Waals surface area contributed by atoms with Crippen LogP contribution in [0.3, 0.4) is 0 Å². The predicted molar refractivity (Wildman–Crippen MR) is 119 cm³/mol. The van der Waals surface area contributed by atoms with Gasteiger partial charge in [-0.05, 0) is 69.8 Å². The van der Waals surface area contributed by atoms with E-state index in [-0.39, 0.29) is 0 Å². The summed E-state index contributed by atoms with van der Waals surface area (Å²) in [6, 6.07) is 8.59. The number of carbonyl (C=O) groups is 1. The van der Waals surface area contributed by atoms with Gasteiger partial charge in [-0.2, -0.15) is 5.26 Å². The van der Waals surface area contributed by atoms with Crippen molar-refractivity contribution in [2.24, 2.45) is 11.8 Å². The van der Waals surface area contributed by atoms with Crippen LogP contribution in [-0.2, 0) is 4.79 Å². The van der Waals surface area contributed by atoms with E-state index in [0.717, 1.165) is 44.7 Å². The summed E-state index contributed by atoms with van der Waals surface area (Å²) in [6.45, 7) is 3.40. The molecular weight excluding hydrogens is 382 g/mol. The molecule has 1 aliphatic heterocycles. The summed E-state index contributed by atoms with van der Waals surface area (Å²) < 4.78 is 0. The van der Waals surface area contributed by atoms with Crippen molar-refractivity contribution in [2.45, 2.75) is 63.8 Å². The predicted octanol–water partition coefficient (Wildman–Crippen LogP) is 5.29. The van der Waals surface area contributed by atoms with Gasteiger partial charge in [0.15, 0.2) is 0 Å². The molecule has 0 N–H and O–H groups in total. The van der Waals surface area contributed by atoms with Gasteiger partial charge < -0.3 is 14.6 Å². The summed E-state index contributed by atoms with van der Waals surface area (Å²) in [4.78, 5) is 15.1. The molecule has 1 saturated heterocycles. The number of rotatable bonds is 5. The Labute approximate surface area is 180 Å². The van der Waals surface area contributed by atoms with Crippen molar-refractivity contribution in [2.75, 3.05) is 31.6 Å². The van der Waals surface area contributed by atoms with Gasteiger partial charge >= 0.3 is 0 Å². The molecule has 0 bridgehead atoms. The van der Waals surface area contributed by atoms with Gasteiger partial charge in [-0.15, -0.1) is 0 Å². The largest absolute Gasteiger partial charge is 0.367 e. The lowest BCUT2D eigenvalue weighted by molar-refractivity contribution is -0.111. The van der Waals surface area contributed by atoms with Crippen molar-refractivity contribution in [3.8, 4) is 6.07 Å². The number of carbonyl (C=O) groups excluding carboxylic acids is 1. The minimum absolute atomic E-state index is 0.406. The van der Waals surface area contributed by atoms with E-state index < -0.39 is 0 Å². The monoisotopic (exact) mass is 415 g/mol. The Morgan fingerprint density at radius 2 is 1.93 bits per heavy atom. The molecule has 3 aliphatic rings. The molecule has 158 valence electrons. The third kappa shape index (κ3) is 6.20. The molecule has 0 radical (unpaired) electrons. The minimum atomic E-state index is 0.406. The van der Waals surface area contributed by atoms with Crippen LogP contribution in [0.15, 0.2) is 18.2 Å². The topological polar surface area (TPSA) is 47.3 Å². The van der Waals surface area contributed by atoms with E-state index >= 15 is 0 Å². The normalized spacial score (nSPS) is 22.9. The molecule has 2 saturated carbocycles. The highest BCUT2D eigenvalue weighted by Crippen LogP contribution is 2.33. The van der Waals surface area contributed by atoms with Crippen LogP contribution >= 0.6 is 11.6 Å². The summed E-state index contributed by atoms with van der Waals surface area (Å²) >= 11 is 6.23. The van der Waals surface area contributed by atoms with Crippen LogP contribution in [0.25, 0.3) is 0 Å². The van der Waals surface area contributed by atoms with Crippen LogP contribution in [0.4, 0.5) is 5.69 Å². The first kappa shape index (κ1) is 22.1. The van der Waals surface area contributed by atoms with Crippen LogP contribution < -0.4 is 4.90 Å². The smallest absolute Gasteiger partial charge is 0.123 e. The second-order valence-corrected chi connectivity index (χ2v) is 9.37. The zero-order chi connectivity index (χ0) is 20.6. The van der Waals surface area contributed by atoms with Gasteiger partial charge in [-0.25, -0.2) is 0 Å². The Hall–Kier alpha value is -1.57. The van der Waals surface area contributed by atoms with Crippen molar-refractivity contribution >= 4 is 23.6 Å². The van der Waals surface area contributed by atoms with Gasteiger partial charge in [0.1, 0.15) is 12.4 Å². The maximum absolute atomic E-state index is 10.2. The molecule has 1 unspecified atom stereocenters. The van der Waals surface area contributed by atoms with E-state index in [2.05, 4.69) is 29.0 Å². The number of hydrogen-bond acceptors (Lipinski definition) is 4. The third-order valence-electron chi connectivity index (χ3n) is 6.73. The van der Waals surface area contributed by atoms with Crippen LogP contribution in [0.2, 0.25) is 5.02 Å². The minimum Gasteiger partial charge on any atom is -0.367 e. The molecule has 2 aliphatic carbocycles. The zero-order valence-corrected chi connectivity index (χ0v) is 18.4. The highest BCUT2D eigenvalue weighted by molar-refractivity contribution is 6.32. The van der Waals surface area contributed by atoms with Crippen molar-refractivity contribution in [3.05, 3.63) is 28.8 Å². The van der Waals surface area contributed by atoms with Crippen LogP contribution in [0.5, 0.6) is 0 Å². The van der Waals surface area contributed by atoms with Gasteiger partial charge in [-0.1, -0.05) is 37.3 Å². The van der Waals surface area contributed by atoms with Gasteiger partial charge in [-0.3, -0.25) is 0 Å². The molecule has 4 nitrogen and oxygen atoms in total. The highest BCUT2D eigenvalue weighted by Gasteiger charge is 2.29. The number of nitrogens with zero attached hydrogens (tertiary/aromatic N) is 3. The maximum atomic E-state index is 10.2. The quantitative estimate of drug-likeness (QED) is 0.613. The summed E-state index contributed by atoms with van der Waals surface area (Å²) in [7, 11) is 2.19. The molecule has 4 rings (SSSR count). The number of aldehydes is 1. The van der Waals surface area contributed by atoms with Gasteiger partial charge in [0.2, 0.25) is 0 Å². The van der Waals surface area contributed by atoms with Crippen molar-refractivity contribution in [1.82, 2.24) is 4.90 Å². The first-order chi connectivity index (χ1) is 14.1. The standard InChI is InChI=1S/C17H22ClN3.C7H12O/c1-20-8-7-16(12-20)21(11-13-3-2-4-13)15-6-5-14(10-19)17(18)9-15;8-6-7-4-2-1-3-5-7/h5-6,9,13,16H,2-4,7-8,11-12H2,1H3;6-7H,1-5H2. The Morgan fingerprint density at radius 1 is 1.17 bits per heavy atom. The number of benzene rings is 1. The van der Waals surface area contributed by atoms with Gasteiger partial charge in [0.25, 0.3) is 0 Å². The number of hydrogen-bond donors (Lipinski definition) is 0. The number of halogens is 1. The number of nitriles is 1. The molecule has 1 aromatic carbocycles. The molecule has 0 aromatic heterocycles. The third-order valence-corrected chi connectivity index (χ3v) is 7.05. The maximum Gasteiger partial charge on any atom is 0.123 e. The first-order valence-corrected chi connectivity index (χ1v) is 11.6. The summed E-state index contributed by atoms with van der Waals surface area (Å²) in [5, 5.41) is 9.60. The molecular formula is C24H34ClN3O. The lowest BCUT2D eigenvalue weighted by atomic mass is 9.84. The van der Waals surface area contributed by atoms with E-state index in [4.69, 9.17) is 16.9 Å². The molecule has 0 spiro atoms. The van der Waals surface area contributed by atoms with E-state index in [0.29, 0.717) is 22.5 Å². The fraction of sp³-hybridized carbons (Fsp3) is 0.667. The van der Waals surface area contributed by atoms with E-state index in [1.165, 1.54) is 50.6 Å². The Morgan fingerprint density at radius 3 is 2.41 bits per heavy atom. The number of likely N-dealkylation sites (tertiary alicyclic amines) is 1. The fourth-order valence-electron chi connectivity index (χ4n) is 4.63. The van der Waals surface area contributed by atoms with Gasteiger partial charge in [0, 0.05) is 30.7 Å². The Bertz CT molecular complexity index is 707. The summed E-state index contributed by atoms with van der Waals surface area (Å²) in [5.74, 6) is 1.23.